The van der Waals surface area contributed by atoms with Gasteiger partial charge < -0.3 is 20.1 Å². The Morgan fingerprint density at radius 2 is 2.08 bits per heavy atom. The third-order valence-corrected chi connectivity index (χ3v) is 3.96. The lowest BCUT2D eigenvalue weighted by Gasteiger charge is -2.20. The first-order valence-corrected chi connectivity index (χ1v) is 8.27. The first-order valence-electron chi connectivity index (χ1n) is 8.27. The number of likely N-dealkylation sites (N-methyl/N-ethyl adjacent to an activating group) is 1. The Bertz CT molecular complexity index is 714. The fourth-order valence-corrected chi connectivity index (χ4v) is 2.65. The molecule has 0 fully saturated rings. The van der Waals surface area contributed by atoms with Gasteiger partial charge in [-0.1, -0.05) is 6.07 Å². The first kappa shape index (κ1) is 18.8. The molecule has 0 saturated carbocycles. The summed E-state index contributed by atoms with van der Waals surface area (Å²) < 4.78 is 12.6. The summed E-state index contributed by atoms with van der Waals surface area (Å²) in [7, 11) is 5.18. The van der Waals surface area contributed by atoms with E-state index in [0.717, 1.165) is 11.1 Å². The summed E-state index contributed by atoms with van der Waals surface area (Å²) in [6.07, 6.45) is 3.51. The van der Waals surface area contributed by atoms with E-state index in [-0.39, 0.29) is 11.9 Å². The van der Waals surface area contributed by atoms with Crippen molar-refractivity contribution in [3.05, 3.63) is 41.7 Å². The molecule has 1 amide bonds. The van der Waals surface area contributed by atoms with Crippen LogP contribution in [0.4, 0.5) is 0 Å². The Morgan fingerprint density at radius 3 is 2.64 bits per heavy atom. The van der Waals surface area contributed by atoms with Crippen LogP contribution in [0.1, 0.15) is 37.1 Å². The summed E-state index contributed by atoms with van der Waals surface area (Å²) in [5, 5.41) is 10.2. The fourth-order valence-electron chi connectivity index (χ4n) is 2.65. The average molecular weight is 346 g/mol. The van der Waals surface area contributed by atoms with Crippen molar-refractivity contribution >= 4 is 5.91 Å². The number of methoxy groups -OCH3 is 1. The van der Waals surface area contributed by atoms with E-state index in [9.17, 15) is 4.79 Å². The van der Waals surface area contributed by atoms with Crippen molar-refractivity contribution in [2.75, 3.05) is 20.8 Å². The predicted molar refractivity (Wildman–Crippen MR) is 95.7 cm³/mol. The van der Waals surface area contributed by atoms with Gasteiger partial charge in [-0.15, -0.1) is 0 Å². The number of carbonyl (C=O) groups excluding carboxylic acids is 1. The third kappa shape index (κ3) is 4.51. The second kappa shape index (κ2) is 8.53. The quantitative estimate of drug-likeness (QED) is 0.764. The van der Waals surface area contributed by atoms with Crippen molar-refractivity contribution in [1.29, 1.82) is 0 Å². The Labute approximate surface area is 148 Å². The molecule has 0 aliphatic carbocycles. The van der Waals surface area contributed by atoms with Crippen LogP contribution in [0.3, 0.4) is 0 Å². The van der Waals surface area contributed by atoms with Gasteiger partial charge in [0.25, 0.3) is 0 Å². The Morgan fingerprint density at radius 1 is 1.32 bits per heavy atom. The van der Waals surface area contributed by atoms with E-state index in [1.165, 1.54) is 0 Å². The maximum absolute atomic E-state index is 12.6. The lowest BCUT2D eigenvalue weighted by Crippen LogP contribution is -2.37. The Kier molecular flexibility index (Phi) is 6.41. The lowest BCUT2D eigenvalue weighted by molar-refractivity contribution is -0.123. The number of hydrogen-bond acceptors (Lipinski definition) is 5. The molecule has 0 saturated heterocycles. The maximum atomic E-state index is 12.6. The zero-order valence-electron chi connectivity index (χ0n) is 15.4. The molecule has 2 unspecified atom stereocenters. The second-order valence-corrected chi connectivity index (χ2v) is 5.74. The van der Waals surface area contributed by atoms with Crippen molar-refractivity contribution in [1.82, 2.24) is 20.4 Å². The second-order valence-electron chi connectivity index (χ2n) is 5.74. The monoisotopic (exact) mass is 346 g/mol. The normalized spacial score (nSPS) is 13.2. The smallest absolute Gasteiger partial charge is 0.242 e. The molecule has 25 heavy (non-hydrogen) atoms. The van der Waals surface area contributed by atoms with Crippen LogP contribution in [0.15, 0.2) is 30.6 Å². The van der Waals surface area contributed by atoms with Crippen LogP contribution < -0.4 is 20.1 Å². The summed E-state index contributed by atoms with van der Waals surface area (Å²) in [6.45, 7) is 4.42. The summed E-state index contributed by atoms with van der Waals surface area (Å²) in [4.78, 5) is 12.6. The zero-order chi connectivity index (χ0) is 18.4. The SMILES string of the molecule is CCOc1ccc(C(C)NC(=O)C(NC)c2cnn(C)c2)cc1OC. The van der Waals surface area contributed by atoms with E-state index in [2.05, 4.69) is 15.7 Å². The highest BCUT2D eigenvalue weighted by atomic mass is 16.5. The molecule has 0 radical (unpaired) electrons. The minimum atomic E-state index is -0.458. The van der Waals surface area contributed by atoms with E-state index in [0.29, 0.717) is 18.1 Å². The summed E-state index contributed by atoms with van der Waals surface area (Å²) in [5.41, 5.74) is 1.76. The Hall–Kier alpha value is -2.54. The third-order valence-electron chi connectivity index (χ3n) is 3.96. The minimum Gasteiger partial charge on any atom is -0.493 e. The van der Waals surface area contributed by atoms with Gasteiger partial charge in [0.2, 0.25) is 5.91 Å². The van der Waals surface area contributed by atoms with Gasteiger partial charge in [-0.05, 0) is 38.6 Å². The predicted octanol–water partition coefficient (Wildman–Crippen LogP) is 1.97. The molecule has 7 heteroatoms. The van der Waals surface area contributed by atoms with Crippen molar-refractivity contribution in [2.24, 2.45) is 7.05 Å². The van der Waals surface area contributed by atoms with E-state index in [1.807, 2.05) is 45.3 Å². The lowest BCUT2D eigenvalue weighted by atomic mass is 10.1. The highest BCUT2D eigenvalue weighted by Gasteiger charge is 2.22. The molecule has 0 aliphatic heterocycles. The number of benzene rings is 1. The van der Waals surface area contributed by atoms with E-state index in [1.54, 1.807) is 25.0 Å². The number of amides is 1. The van der Waals surface area contributed by atoms with Crippen molar-refractivity contribution in [2.45, 2.75) is 25.9 Å². The molecule has 0 bridgehead atoms. The summed E-state index contributed by atoms with van der Waals surface area (Å²) in [5.74, 6) is 1.23. The number of nitrogens with zero attached hydrogens (tertiary/aromatic N) is 2. The molecule has 0 aliphatic rings. The largest absolute Gasteiger partial charge is 0.493 e. The van der Waals surface area contributed by atoms with Crippen molar-refractivity contribution < 1.29 is 14.3 Å². The van der Waals surface area contributed by atoms with Gasteiger partial charge in [-0.25, -0.2) is 0 Å². The van der Waals surface area contributed by atoms with Crippen LogP contribution in [0.5, 0.6) is 11.5 Å². The zero-order valence-corrected chi connectivity index (χ0v) is 15.4. The molecule has 2 atom stereocenters. The number of nitrogens with one attached hydrogen (secondary N) is 2. The van der Waals surface area contributed by atoms with Crippen molar-refractivity contribution in [3.8, 4) is 11.5 Å². The average Bonchev–Trinajstić information content (AvgIpc) is 3.02. The van der Waals surface area contributed by atoms with Crippen LogP contribution >= 0.6 is 0 Å². The first-order chi connectivity index (χ1) is 12.0. The molecule has 136 valence electrons. The van der Waals surface area contributed by atoms with Gasteiger partial charge in [-0.3, -0.25) is 9.48 Å². The molecular formula is C18H26N4O3. The summed E-state index contributed by atoms with van der Waals surface area (Å²) in [6, 6.07) is 5.04. The van der Waals surface area contributed by atoms with Crippen LogP contribution in [0.25, 0.3) is 0 Å². The van der Waals surface area contributed by atoms with Crippen molar-refractivity contribution in [3.63, 3.8) is 0 Å². The number of aromatic nitrogens is 2. The van der Waals surface area contributed by atoms with Gasteiger partial charge in [0, 0.05) is 18.8 Å². The highest BCUT2D eigenvalue weighted by Crippen LogP contribution is 2.30. The number of carbonyl (C=O) groups is 1. The maximum Gasteiger partial charge on any atom is 0.242 e. The molecule has 0 spiro atoms. The molecule has 2 aromatic rings. The number of ether oxygens (including phenoxy) is 2. The number of rotatable bonds is 8. The minimum absolute atomic E-state index is 0.115. The van der Waals surface area contributed by atoms with E-state index < -0.39 is 6.04 Å². The standard InChI is InChI=1S/C18H26N4O3/c1-6-25-15-8-7-13(9-16(15)24-5)12(2)21-18(23)17(19-3)14-10-20-22(4)11-14/h7-12,17,19H,6H2,1-5H3,(H,21,23). The van der Waals surface area contributed by atoms with Crippen LogP contribution in [0.2, 0.25) is 0 Å². The van der Waals surface area contributed by atoms with Crippen LogP contribution in [0, 0.1) is 0 Å². The van der Waals surface area contributed by atoms with Gasteiger partial charge in [0.1, 0.15) is 6.04 Å². The molecule has 2 rings (SSSR count). The Balaban J connectivity index is 2.12. The van der Waals surface area contributed by atoms with E-state index >= 15 is 0 Å². The number of aryl methyl sites for hydroxylation is 1. The number of hydrogen-bond donors (Lipinski definition) is 2. The molecule has 1 aromatic heterocycles. The molecular weight excluding hydrogens is 320 g/mol. The molecule has 7 nitrogen and oxygen atoms in total. The van der Waals surface area contributed by atoms with Gasteiger partial charge in [0.05, 0.1) is 26.0 Å². The fraction of sp³-hybridized carbons (Fsp3) is 0.444. The topological polar surface area (TPSA) is 77.4 Å². The van der Waals surface area contributed by atoms with Gasteiger partial charge in [-0.2, -0.15) is 5.10 Å². The molecule has 2 N–H and O–H groups in total. The summed E-state index contributed by atoms with van der Waals surface area (Å²) >= 11 is 0. The van der Waals surface area contributed by atoms with Gasteiger partial charge >= 0.3 is 0 Å². The van der Waals surface area contributed by atoms with Crippen LogP contribution in [-0.2, 0) is 11.8 Å². The van der Waals surface area contributed by atoms with Crippen LogP contribution in [-0.4, -0.2) is 36.5 Å². The van der Waals surface area contributed by atoms with E-state index in [4.69, 9.17) is 9.47 Å². The molecule has 1 aromatic carbocycles. The van der Waals surface area contributed by atoms with Gasteiger partial charge in [0.15, 0.2) is 11.5 Å². The highest BCUT2D eigenvalue weighted by molar-refractivity contribution is 5.83. The molecule has 1 heterocycles.